The van der Waals surface area contributed by atoms with Crippen molar-refractivity contribution >= 4 is 17.5 Å². The van der Waals surface area contributed by atoms with Crippen molar-refractivity contribution in [2.45, 2.75) is 13.8 Å². The van der Waals surface area contributed by atoms with Crippen LogP contribution in [0.5, 0.6) is 0 Å². The summed E-state index contributed by atoms with van der Waals surface area (Å²) >= 11 is 0. The normalized spacial score (nSPS) is 10.3. The highest BCUT2D eigenvalue weighted by Crippen LogP contribution is 2.27. The number of aryl methyl sites for hydroxylation is 1. The molecular formula is C14H17FN4. The Kier molecular flexibility index (Phi) is 3.94. The van der Waals surface area contributed by atoms with Crippen molar-refractivity contribution in [3.05, 3.63) is 41.8 Å². The molecule has 0 unspecified atom stereocenters. The molecule has 1 aromatic carbocycles. The first kappa shape index (κ1) is 13.3. The van der Waals surface area contributed by atoms with Crippen molar-refractivity contribution in [1.82, 2.24) is 9.97 Å². The first-order valence-corrected chi connectivity index (χ1v) is 6.20. The lowest BCUT2D eigenvalue weighted by molar-refractivity contribution is 0.627. The third-order valence-corrected chi connectivity index (χ3v) is 2.86. The van der Waals surface area contributed by atoms with E-state index in [0.29, 0.717) is 12.5 Å². The smallest absolute Gasteiger partial charge is 0.224 e. The van der Waals surface area contributed by atoms with Gasteiger partial charge in [0, 0.05) is 31.0 Å². The molecule has 0 aliphatic rings. The van der Waals surface area contributed by atoms with E-state index in [1.165, 1.54) is 12.1 Å². The van der Waals surface area contributed by atoms with Crippen LogP contribution in [0.15, 0.2) is 30.5 Å². The molecule has 0 spiro atoms. The minimum absolute atomic E-state index is 0.253. The van der Waals surface area contributed by atoms with Gasteiger partial charge in [0.1, 0.15) is 11.6 Å². The molecule has 4 nitrogen and oxygen atoms in total. The second-order valence-electron chi connectivity index (χ2n) is 4.17. The van der Waals surface area contributed by atoms with Crippen molar-refractivity contribution in [3.8, 4) is 0 Å². The lowest BCUT2D eigenvalue weighted by atomic mass is 10.2. The van der Waals surface area contributed by atoms with Crippen LogP contribution in [0.3, 0.4) is 0 Å². The van der Waals surface area contributed by atoms with Crippen LogP contribution in [-0.4, -0.2) is 23.6 Å². The molecule has 1 N–H and O–H groups in total. The van der Waals surface area contributed by atoms with Gasteiger partial charge in [-0.2, -0.15) is 4.98 Å². The molecule has 2 rings (SSSR count). The molecule has 0 saturated heterocycles. The van der Waals surface area contributed by atoms with Gasteiger partial charge < -0.3 is 10.2 Å². The molecule has 0 aliphatic carbocycles. The minimum atomic E-state index is -0.253. The van der Waals surface area contributed by atoms with Crippen LogP contribution < -0.4 is 10.2 Å². The summed E-state index contributed by atoms with van der Waals surface area (Å²) in [7, 11) is 1.77. The third kappa shape index (κ3) is 2.81. The maximum absolute atomic E-state index is 13.4. The highest BCUT2D eigenvalue weighted by atomic mass is 19.1. The Morgan fingerprint density at radius 2 is 2.16 bits per heavy atom. The zero-order chi connectivity index (χ0) is 13.8. The van der Waals surface area contributed by atoms with Crippen molar-refractivity contribution in [1.29, 1.82) is 0 Å². The van der Waals surface area contributed by atoms with Crippen LogP contribution in [0.4, 0.5) is 21.8 Å². The van der Waals surface area contributed by atoms with E-state index in [1.54, 1.807) is 19.3 Å². The molecule has 0 bridgehead atoms. The highest BCUT2D eigenvalue weighted by molar-refractivity contribution is 5.63. The Balaban J connectivity index is 2.47. The number of rotatable bonds is 4. The molecule has 19 heavy (non-hydrogen) atoms. The predicted molar refractivity (Wildman–Crippen MR) is 75.4 cm³/mol. The molecule has 0 saturated carbocycles. The van der Waals surface area contributed by atoms with Crippen LogP contribution >= 0.6 is 0 Å². The lowest BCUT2D eigenvalue weighted by Crippen LogP contribution is -2.19. The van der Waals surface area contributed by atoms with E-state index in [-0.39, 0.29) is 5.82 Å². The Morgan fingerprint density at radius 1 is 1.37 bits per heavy atom. The number of benzene rings is 1. The van der Waals surface area contributed by atoms with Crippen LogP contribution in [0.1, 0.15) is 12.5 Å². The van der Waals surface area contributed by atoms with Crippen molar-refractivity contribution in [3.63, 3.8) is 0 Å². The number of nitrogens with one attached hydrogen (secondary N) is 1. The zero-order valence-electron chi connectivity index (χ0n) is 11.3. The lowest BCUT2D eigenvalue weighted by Gasteiger charge is -2.24. The average Bonchev–Trinajstić information content (AvgIpc) is 2.42. The SMILES string of the molecule is CCN(c1cccc(F)c1)c1nc(NC)ncc1C. The van der Waals surface area contributed by atoms with Crippen LogP contribution in [0.2, 0.25) is 0 Å². The topological polar surface area (TPSA) is 41.1 Å². The van der Waals surface area contributed by atoms with E-state index in [1.807, 2.05) is 24.8 Å². The molecular weight excluding hydrogens is 243 g/mol. The summed E-state index contributed by atoms with van der Waals surface area (Å²) in [5, 5.41) is 2.91. The van der Waals surface area contributed by atoms with Crippen LogP contribution in [-0.2, 0) is 0 Å². The summed E-state index contributed by atoms with van der Waals surface area (Å²) in [5.41, 5.74) is 1.73. The molecule has 100 valence electrons. The summed E-state index contributed by atoms with van der Waals surface area (Å²) in [5.74, 6) is 1.08. The Labute approximate surface area is 112 Å². The van der Waals surface area contributed by atoms with E-state index in [9.17, 15) is 4.39 Å². The standard InChI is InChI=1S/C14H17FN4/c1-4-19(12-7-5-6-11(15)8-12)13-10(2)9-17-14(16-3)18-13/h5-9H,4H2,1-3H3,(H,16,17,18). The summed E-state index contributed by atoms with van der Waals surface area (Å²) < 4.78 is 13.4. The van der Waals surface area contributed by atoms with Gasteiger partial charge >= 0.3 is 0 Å². The molecule has 0 radical (unpaired) electrons. The zero-order valence-corrected chi connectivity index (χ0v) is 11.3. The predicted octanol–water partition coefficient (Wildman–Crippen LogP) is 3.12. The summed E-state index contributed by atoms with van der Waals surface area (Å²) in [6.07, 6.45) is 1.76. The van der Waals surface area contributed by atoms with E-state index in [2.05, 4.69) is 15.3 Å². The van der Waals surface area contributed by atoms with Gasteiger partial charge in [-0.05, 0) is 32.0 Å². The third-order valence-electron chi connectivity index (χ3n) is 2.86. The van der Waals surface area contributed by atoms with Crippen LogP contribution in [0.25, 0.3) is 0 Å². The minimum Gasteiger partial charge on any atom is -0.357 e. The van der Waals surface area contributed by atoms with Gasteiger partial charge in [-0.1, -0.05) is 6.07 Å². The Bertz CT molecular complexity index is 571. The number of hydrogen-bond acceptors (Lipinski definition) is 4. The fourth-order valence-corrected chi connectivity index (χ4v) is 1.93. The highest BCUT2D eigenvalue weighted by Gasteiger charge is 2.13. The summed E-state index contributed by atoms with van der Waals surface area (Å²) in [6.45, 7) is 4.65. The molecule has 0 fully saturated rings. The second-order valence-corrected chi connectivity index (χ2v) is 4.17. The second kappa shape index (κ2) is 5.65. The monoisotopic (exact) mass is 260 g/mol. The molecule has 5 heteroatoms. The molecule has 1 aromatic heterocycles. The molecule has 0 aliphatic heterocycles. The fourth-order valence-electron chi connectivity index (χ4n) is 1.93. The molecule has 0 atom stereocenters. The number of hydrogen-bond donors (Lipinski definition) is 1. The van der Waals surface area contributed by atoms with Gasteiger partial charge in [-0.25, -0.2) is 9.37 Å². The van der Waals surface area contributed by atoms with E-state index in [0.717, 1.165) is 17.1 Å². The number of anilines is 3. The Hall–Kier alpha value is -2.17. The van der Waals surface area contributed by atoms with Gasteiger partial charge in [-0.3, -0.25) is 0 Å². The van der Waals surface area contributed by atoms with Crippen molar-refractivity contribution < 1.29 is 4.39 Å². The van der Waals surface area contributed by atoms with E-state index >= 15 is 0 Å². The van der Waals surface area contributed by atoms with Gasteiger partial charge in [-0.15, -0.1) is 0 Å². The van der Waals surface area contributed by atoms with Crippen LogP contribution in [0, 0.1) is 12.7 Å². The van der Waals surface area contributed by atoms with E-state index in [4.69, 9.17) is 0 Å². The van der Waals surface area contributed by atoms with Crippen molar-refractivity contribution in [2.75, 3.05) is 23.8 Å². The largest absolute Gasteiger partial charge is 0.357 e. The maximum atomic E-state index is 13.4. The quantitative estimate of drug-likeness (QED) is 0.917. The first-order valence-electron chi connectivity index (χ1n) is 6.20. The summed E-state index contributed by atoms with van der Waals surface area (Å²) in [6, 6.07) is 6.50. The Morgan fingerprint density at radius 3 is 2.79 bits per heavy atom. The van der Waals surface area contributed by atoms with Gasteiger partial charge in [0.25, 0.3) is 0 Å². The maximum Gasteiger partial charge on any atom is 0.224 e. The fraction of sp³-hybridized carbons (Fsp3) is 0.286. The average molecular weight is 260 g/mol. The summed E-state index contributed by atoms with van der Waals surface area (Å²) in [4.78, 5) is 10.6. The molecule has 2 aromatic rings. The number of halogens is 1. The van der Waals surface area contributed by atoms with Crippen molar-refractivity contribution in [2.24, 2.45) is 0 Å². The van der Waals surface area contributed by atoms with Gasteiger partial charge in [0.05, 0.1) is 0 Å². The molecule has 1 heterocycles. The van der Waals surface area contributed by atoms with Gasteiger partial charge in [0.15, 0.2) is 0 Å². The number of aromatic nitrogens is 2. The number of nitrogens with zero attached hydrogens (tertiary/aromatic N) is 3. The first-order chi connectivity index (χ1) is 9.15. The molecule has 0 amide bonds. The van der Waals surface area contributed by atoms with Gasteiger partial charge in [0.2, 0.25) is 5.95 Å². The van der Waals surface area contributed by atoms with E-state index < -0.39 is 0 Å².